The standard InChI is InChI=1S/C35H40ClN5O6/c1-23-19-40(33(44)47-34(2,3)4)28(20-46-23)24-10-12-26(13-11-24)41-29(36)18-27-30(41)37-22-39(32(27)43)21-35(45)14-16-38(17-15-35)31(42)25-8-6-5-7-9-25/h5-13,18,22-23,28,45H,14-17,19-21H2,1-4H3/t23-,28-/m1/s1. The minimum absolute atomic E-state index is 0.0515. The molecule has 0 spiro atoms. The van der Waals surface area contributed by atoms with Crippen LogP contribution in [0.5, 0.6) is 0 Å². The van der Waals surface area contributed by atoms with Gasteiger partial charge in [0, 0.05) is 24.3 Å². The van der Waals surface area contributed by atoms with E-state index in [1.807, 2.05) is 70.2 Å². The highest BCUT2D eigenvalue weighted by molar-refractivity contribution is 6.31. The second-order valence-corrected chi connectivity index (χ2v) is 13.9. The Morgan fingerprint density at radius 2 is 1.77 bits per heavy atom. The number of fused-ring (bicyclic) bond motifs is 1. The number of nitrogens with zero attached hydrogens (tertiary/aromatic N) is 5. The topological polar surface area (TPSA) is 119 Å². The van der Waals surface area contributed by atoms with Gasteiger partial charge in [-0.2, -0.15) is 0 Å². The molecule has 2 fully saturated rings. The summed E-state index contributed by atoms with van der Waals surface area (Å²) in [5.74, 6) is -0.0704. The van der Waals surface area contributed by atoms with E-state index in [1.54, 1.807) is 32.6 Å². The maximum Gasteiger partial charge on any atom is 0.410 e. The summed E-state index contributed by atoms with van der Waals surface area (Å²) in [7, 11) is 0. The number of rotatable bonds is 5. The molecule has 2 aliphatic heterocycles. The Morgan fingerprint density at radius 1 is 1.09 bits per heavy atom. The number of halogens is 1. The Bertz CT molecular complexity index is 1820. The van der Waals surface area contributed by atoms with E-state index in [9.17, 15) is 19.5 Å². The predicted octanol–water partition coefficient (Wildman–Crippen LogP) is 5.20. The maximum atomic E-state index is 13.6. The minimum Gasteiger partial charge on any atom is -0.444 e. The number of aliphatic hydroxyl groups is 1. The number of aromatic nitrogens is 3. The molecule has 12 heteroatoms. The van der Waals surface area contributed by atoms with Gasteiger partial charge in [-0.1, -0.05) is 41.9 Å². The van der Waals surface area contributed by atoms with E-state index in [-0.39, 0.29) is 30.2 Å². The van der Waals surface area contributed by atoms with Crippen LogP contribution in [0.2, 0.25) is 5.15 Å². The number of amides is 2. The summed E-state index contributed by atoms with van der Waals surface area (Å²) in [5.41, 5.74) is 0.474. The van der Waals surface area contributed by atoms with Crippen molar-refractivity contribution in [1.82, 2.24) is 23.9 Å². The Balaban J connectivity index is 1.19. The first-order valence-electron chi connectivity index (χ1n) is 15.9. The molecule has 4 aromatic rings. The normalized spacial score (nSPS) is 20.0. The van der Waals surface area contributed by atoms with Crippen molar-refractivity contribution in [2.75, 3.05) is 26.2 Å². The van der Waals surface area contributed by atoms with Crippen LogP contribution in [0.1, 0.15) is 62.5 Å². The average molecular weight is 662 g/mol. The number of benzene rings is 2. The summed E-state index contributed by atoms with van der Waals surface area (Å²) in [4.78, 5) is 47.5. The van der Waals surface area contributed by atoms with Gasteiger partial charge in [-0.3, -0.25) is 23.6 Å². The van der Waals surface area contributed by atoms with Gasteiger partial charge in [-0.25, -0.2) is 9.78 Å². The van der Waals surface area contributed by atoms with E-state index in [0.29, 0.717) is 66.5 Å². The van der Waals surface area contributed by atoms with Gasteiger partial charge in [0.05, 0.1) is 42.8 Å². The lowest BCUT2D eigenvalue weighted by molar-refractivity contribution is -0.0644. The first-order chi connectivity index (χ1) is 22.3. The predicted molar refractivity (Wildman–Crippen MR) is 178 cm³/mol. The van der Waals surface area contributed by atoms with Crippen LogP contribution < -0.4 is 5.56 Å². The molecular formula is C35H40ClN5O6. The van der Waals surface area contributed by atoms with Crippen LogP contribution in [0.4, 0.5) is 4.79 Å². The number of morpholine rings is 1. The van der Waals surface area contributed by atoms with Gasteiger partial charge >= 0.3 is 6.09 Å². The van der Waals surface area contributed by atoms with E-state index in [2.05, 4.69) is 4.98 Å². The number of likely N-dealkylation sites (tertiary alicyclic amines) is 1. The van der Waals surface area contributed by atoms with Crippen LogP contribution in [0.3, 0.4) is 0 Å². The zero-order valence-electron chi connectivity index (χ0n) is 27.1. The lowest BCUT2D eigenvalue weighted by Crippen LogP contribution is -2.49. The Labute approximate surface area is 278 Å². The van der Waals surface area contributed by atoms with Crippen LogP contribution in [0, 0.1) is 0 Å². The highest BCUT2D eigenvalue weighted by Gasteiger charge is 2.36. The molecule has 2 atom stereocenters. The minimum atomic E-state index is -1.16. The molecule has 47 heavy (non-hydrogen) atoms. The molecule has 11 nitrogen and oxygen atoms in total. The molecule has 0 aliphatic carbocycles. The lowest BCUT2D eigenvalue weighted by Gasteiger charge is -2.39. The summed E-state index contributed by atoms with van der Waals surface area (Å²) in [6.45, 7) is 9.01. The van der Waals surface area contributed by atoms with Gasteiger partial charge in [0.25, 0.3) is 11.5 Å². The van der Waals surface area contributed by atoms with Crippen molar-refractivity contribution in [2.24, 2.45) is 0 Å². The maximum absolute atomic E-state index is 13.6. The van der Waals surface area contributed by atoms with Crippen LogP contribution in [-0.2, 0) is 16.0 Å². The fourth-order valence-corrected chi connectivity index (χ4v) is 6.54. The van der Waals surface area contributed by atoms with Gasteiger partial charge in [0.1, 0.15) is 17.1 Å². The van der Waals surface area contributed by atoms with Crippen LogP contribution in [0.25, 0.3) is 16.7 Å². The molecule has 4 heterocycles. The lowest BCUT2D eigenvalue weighted by atomic mass is 9.91. The second kappa shape index (κ2) is 12.8. The Morgan fingerprint density at radius 3 is 2.43 bits per heavy atom. The summed E-state index contributed by atoms with van der Waals surface area (Å²) >= 11 is 6.67. The van der Waals surface area contributed by atoms with Crippen LogP contribution in [0.15, 0.2) is 71.8 Å². The second-order valence-electron chi connectivity index (χ2n) is 13.5. The first-order valence-corrected chi connectivity index (χ1v) is 16.2. The van der Waals surface area contributed by atoms with Gasteiger partial charge in [0.15, 0.2) is 5.65 Å². The average Bonchev–Trinajstić information content (AvgIpc) is 3.38. The molecule has 2 saturated heterocycles. The SMILES string of the molecule is C[C@@H]1CN(C(=O)OC(C)(C)C)[C@@H](c2ccc(-n3c(Cl)cc4c(=O)n(CC5(O)CCN(C(=O)c6ccccc6)CC5)cnc43)cc2)CO1. The van der Waals surface area contributed by atoms with Crippen molar-refractivity contribution in [3.63, 3.8) is 0 Å². The van der Waals surface area contributed by atoms with Gasteiger partial charge in [-0.15, -0.1) is 0 Å². The molecule has 0 radical (unpaired) electrons. The molecule has 2 aliphatic rings. The Hall–Kier alpha value is -4.19. The molecule has 2 aromatic heterocycles. The van der Waals surface area contributed by atoms with E-state index in [4.69, 9.17) is 21.1 Å². The van der Waals surface area contributed by atoms with Gasteiger partial charge < -0.3 is 19.5 Å². The number of hydrogen-bond donors (Lipinski definition) is 1. The third-order valence-electron chi connectivity index (χ3n) is 8.74. The zero-order valence-corrected chi connectivity index (χ0v) is 27.8. The quantitative estimate of drug-likeness (QED) is 0.312. The van der Waals surface area contributed by atoms with Crippen molar-refractivity contribution in [1.29, 1.82) is 0 Å². The van der Waals surface area contributed by atoms with E-state index in [1.165, 1.54) is 10.9 Å². The molecule has 2 amide bonds. The molecule has 0 bridgehead atoms. The van der Waals surface area contributed by atoms with Crippen LogP contribution >= 0.6 is 11.6 Å². The van der Waals surface area contributed by atoms with E-state index >= 15 is 0 Å². The summed E-state index contributed by atoms with van der Waals surface area (Å²) in [6, 6.07) is 17.9. The third-order valence-corrected chi connectivity index (χ3v) is 9.02. The summed E-state index contributed by atoms with van der Waals surface area (Å²) < 4.78 is 14.7. The van der Waals surface area contributed by atoms with Gasteiger partial charge in [0.2, 0.25) is 0 Å². The summed E-state index contributed by atoms with van der Waals surface area (Å²) in [5, 5.41) is 12.0. The smallest absolute Gasteiger partial charge is 0.410 e. The number of carbonyl (C=O) groups is 2. The number of hydrogen-bond acceptors (Lipinski definition) is 7. The van der Waals surface area contributed by atoms with Crippen molar-refractivity contribution >= 4 is 34.6 Å². The fraction of sp³-hybridized carbons (Fsp3) is 0.429. The zero-order chi connectivity index (χ0) is 33.5. The molecule has 0 saturated carbocycles. The van der Waals surface area contributed by atoms with Crippen molar-refractivity contribution < 1.29 is 24.2 Å². The summed E-state index contributed by atoms with van der Waals surface area (Å²) in [6.07, 6.45) is 1.60. The molecule has 6 rings (SSSR count). The highest BCUT2D eigenvalue weighted by atomic mass is 35.5. The van der Waals surface area contributed by atoms with Crippen LogP contribution in [-0.4, -0.2) is 84.6 Å². The van der Waals surface area contributed by atoms with Crippen molar-refractivity contribution in [3.05, 3.63) is 93.6 Å². The van der Waals surface area contributed by atoms with Crippen molar-refractivity contribution in [2.45, 2.75) is 70.4 Å². The molecule has 1 N–H and O–H groups in total. The number of piperidine rings is 1. The first kappa shape index (κ1) is 32.7. The molecular weight excluding hydrogens is 622 g/mol. The molecule has 0 unspecified atom stereocenters. The monoisotopic (exact) mass is 661 g/mol. The molecule has 248 valence electrons. The van der Waals surface area contributed by atoms with Gasteiger partial charge in [-0.05, 0) is 76.4 Å². The fourth-order valence-electron chi connectivity index (χ4n) is 6.26. The van der Waals surface area contributed by atoms with E-state index < -0.39 is 17.3 Å². The van der Waals surface area contributed by atoms with Crippen molar-refractivity contribution in [3.8, 4) is 5.69 Å². The number of carbonyl (C=O) groups excluding carboxylic acids is 2. The molecule has 2 aromatic carbocycles. The third kappa shape index (κ3) is 6.93. The largest absolute Gasteiger partial charge is 0.444 e. The Kier molecular flexibility index (Phi) is 8.90. The van der Waals surface area contributed by atoms with E-state index in [0.717, 1.165) is 5.56 Å². The highest BCUT2D eigenvalue weighted by Crippen LogP contribution is 2.31. The number of ether oxygens (including phenoxy) is 2.